The highest BCUT2D eigenvalue weighted by molar-refractivity contribution is 5.44. The zero-order chi connectivity index (χ0) is 16.9. The summed E-state index contributed by atoms with van der Waals surface area (Å²) in [6, 6.07) is 20.3. The molecule has 3 rings (SSSR count). The molecule has 0 amide bonds. The van der Waals surface area contributed by atoms with Crippen LogP contribution in [0.1, 0.15) is 37.1 Å². The second-order valence-corrected chi connectivity index (χ2v) is 6.56. The maximum absolute atomic E-state index is 3.60. The van der Waals surface area contributed by atoms with E-state index in [1.165, 1.54) is 16.8 Å². The molecule has 2 aromatic carbocycles. The minimum Gasteiger partial charge on any atom is -0.383 e. The highest BCUT2D eigenvalue weighted by Gasteiger charge is 2.35. The lowest BCUT2D eigenvalue weighted by atomic mass is 10.0. The molecule has 0 fully saturated rings. The average Bonchev–Trinajstić information content (AvgIpc) is 2.90. The summed E-state index contributed by atoms with van der Waals surface area (Å²) in [4.78, 5) is 5.06. The summed E-state index contributed by atoms with van der Waals surface area (Å²) >= 11 is 0. The van der Waals surface area contributed by atoms with Gasteiger partial charge in [-0.15, -0.1) is 0 Å². The molecule has 1 aliphatic heterocycles. The average molecular weight is 323 g/mol. The Morgan fingerprint density at radius 3 is 2.08 bits per heavy atom. The number of para-hydroxylation sites is 1. The topological polar surface area (TPSA) is 18.5 Å². The highest BCUT2D eigenvalue weighted by atomic mass is 15.2. The first-order valence-electron chi connectivity index (χ1n) is 9.06. The molecule has 128 valence electrons. The molecule has 0 saturated heterocycles. The van der Waals surface area contributed by atoms with E-state index in [-0.39, 0.29) is 0 Å². The fourth-order valence-corrected chi connectivity index (χ4v) is 3.75. The van der Waals surface area contributed by atoms with Gasteiger partial charge in [-0.25, -0.2) is 0 Å². The first-order valence-corrected chi connectivity index (χ1v) is 9.06. The standard InChI is InChI=1S/C21H29N3/c1-4-24(5-2)16-21-19-14-10-9-13-18(19)20(23(21)3)15-22-17-11-7-6-8-12-17/h6-14,20-22H,4-5,15-16H2,1-3H3/t20-,21-/m0/s1. The van der Waals surface area contributed by atoms with Gasteiger partial charge in [0.1, 0.15) is 0 Å². The van der Waals surface area contributed by atoms with Crippen molar-refractivity contribution in [2.45, 2.75) is 25.9 Å². The molecule has 24 heavy (non-hydrogen) atoms. The zero-order valence-corrected chi connectivity index (χ0v) is 15.1. The fourth-order valence-electron chi connectivity index (χ4n) is 3.75. The lowest BCUT2D eigenvalue weighted by molar-refractivity contribution is 0.156. The maximum atomic E-state index is 3.60. The van der Waals surface area contributed by atoms with Crippen LogP contribution in [0.15, 0.2) is 54.6 Å². The van der Waals surface area contributed by atoms with Gasteiger partial charge in [-0.05, 0) is 43.4 Å². The van der Waals surface area contributed by atoms with Crippen LogP contribution >= 0.6 is 0 Å². The Bertz CT molecular complexity index is 637. The SMILES string of the molecule is CCN(CC)C[C@H]1c2ccccc2[C@H](CNc2ccccc2)N1C. The predicted molar refractivity (Wildman–Crippen MR) is 102 cm³/mol. The van der Waals surface area contributed by atoms with Crippen LogP contribution in [0.25, 0.3) is 0 Å². The van der Waals surface area contributed by atoms with Gasteiger partial charge >= 0.3 is 0 Å². The molecular weight excluding hydrogens is 294 g/mol. The summed E-state index contributed by atoms with van der Waals surface area (Å²) in [7, 11) is 2.27. The number of nitrogens with one attached hydrogen (secondary N) is 1. The van der Waals surface area contributed by atoms with Gasteiger partial charge in [-0.3, -0.25) is 4.90 Å². The molecule has 3 nitrogen and oxygen atoms in total. The molecule has 1 N–H and O–H groups in total. The van der Waals surface area contributed by atoms with Crippen LogP contribution in [-0.2, 0) is 0 Å². The predicted octanol–water partition coefficient (Wildman–Crippen LogP) is 4.17. The first kappa shape index (κ1) is 17.0. The van der Waals surface area contributed by atoms with Crippen molar-refractivity contribution < 1.29 is 0 Å². The van der Waals surface area contributed by atoms with Gasteiger partial charge in [-0.1, -0.05) is 56.3 Å². The van der Waals surface area contributed by atoms with Gasteiger partial charge in [0.25, 0.3) is 0 Å². The van der Waals surface area contributed by atoms with Crippen molar-refractivity contribution in [2.24, 2.45) is 0 Å². The van der Waals surface area contributed by atoms with Crippen LogP contribution in [0.5, 0.6) is 0 Å². The van der Waals surface area contributed by atoms with E-state index in [0.29, 0.717) is 12.1 Å². The van der Waals surface area contributed by atoms with Crippen LogP contribution in [0.4, 0.5) is 5.69 Å². The smallest absolute Gasteiger partial charge is 0.0527 e. The van der Waals surface area contributed by atoms with E-state index in [4.69, 9.17) is 0 Å². The molecule has 0 bridgehead atoms. The maximum Gasteiger partial charge on any atom is 0.0527 e. The summed E-state index contributed by atoms with van der Waals surface area (Å²) in [6.45, 7) is 8.75. The summed E-state index contributed by atoms with van der Waals surface area (Å²) in [6.07, 6.45) is 0. The summed E-state index contributed by atoms with van der Waals surface area (Å²) in [5.41, 5.74) is 4.16. The molecule has 1 aliphatic rings. The molecule has 0 spiro atoms. The van der Waals surface area contributed by atoms with E-state index in [2.05, 4.69) is 90.6 Å². The molecule has 0 unspecified atom stereocenters. The number of hydrogen-bond acceptors (Lipinski definition) is 3. The van der Waals surface area contributed by atoms with Crippen LogP contribution in [-0.4, -0.2) is 43.0 Å². The Hall–Kier alpha value is -1.84. The Morgan fingerprint density at radius 2 is 1.46 bits per heavy atom. The van der Waals surface area contributed by atoms with Crippen LogP contribution in [0.3, 0.4) is 0 Å². The van der Waals surface area contributed by atoms with Gasteiger partial charge in [0.2, 0.25) is 0 Å². The second kappa shape index (κ2) is 7.82. The van der Waals surface area contributed by atoms with Crippen molar-refractivity contribution in [3.05, 3.63) is 65.7 Å². The molecule has 2 aromatic rings. The minimum atomic E-state index is 0.418. The van der Waals surface area contributed by atoms with E-state index in [1.807, 2.05) is 0 Å². The third-order valence-corrected chi connectivity index (χ3v) is 5.30. The molecule has 2 atom stereocenters. The van der Waals surface area contributed by atoms with E-state index < -0.39 is 0 Å². The first-order chi connectivity index (χ1) is 11.7. The number of nitrogens with zero attached hydrogens (tertiary/aromatic N) is 2. The number of anilines is 1. The van der Waals surface area contributed by atoms with Crippen molar-refractivity contribution >= 4 is 5.69 Å². The van der Waals surface area contributed by atoms with Crippen molar-refractivity contribution in [1.29, 1.82) is 0 Å². The lowest BCUT2D eigenvalue weighted by Crippen LogP contribution is -2.35. The van der Waals surface area contributed by atoms with Crippen LogP contribution in [0.2, 0.25) is 0 Å². The van der Waals surface area contributed by atoms with Crippen molar-refractivity contribution in [3.8, 4) is 0 Å². The highest BCUT2D eigenvalue weighted by Crippen LogP contribution is 2.41. The molecule has 0 aliphatic carbocycles. The largest absolute Gasteiger partial charge is 0.383 e. The van der Waals surface area contributed by atoms with Gasteiger partial charge in [0.05, 0.1) is 6.04 Å². The Balaban J connectivity index is 1.78. The van der Waals surface area contributed by atoms with Crippen molar-refractivity contribution in [3.63, 3.8) is 0 Å². The van der Waals surface area contributed by atoms with E-state index in [9.17, 15) is 0 Å². The Morgan fingerprint density at radius 1 is 0.875 bits per heavy atom. The molecular formula is C21H29N3. The number of hydrogen-bond donors (Lipinski definition) is 1. The third-order valence-electron chi connectivity index (χ3n) is 5.30. The van der Waals surface area contributed by atoms with Crippen LogP contribution < -0.4 is 5.32 Å². The van der Waals surface area contributed by atoms with E-state index in [1.54, 1.807) is 0 Å². The van der Waals surface area contributed by atoms with E-state index in [0.717, 1.165) is 26.2 Å². The van der Waals surface area contributed by atoms with Crippen molar-refractivity contribution in [2.75, 3.05) is 38.5 Å². The minimum absolute atomic E-state index is 0.418. The van der Waals surface area contributed by atoms with Gasteiger partial charge in [-0.2, -0.15) is 0 Å². The third kappa shape index (κ3) is 3.47. The fraction of sp³-hybridized carbons (Fsp3) is 0.429. The number of rotatable bonds is 7. The Kier molecular flexibility index (Phi) is 5.54. The quantitative estimate of drug-likeness (QED) is 0.825. The normalized spacial score (nSPS) is 20.3. The Labute approximate surface area is 146 Å². The van der Waals surface area contributed by atoms with Gasteiger partial charge in [0.15, 0.2) is 0 Å². The summed E-state index contributed by atoms with van der Waals surface area (Å²) in [5.74, 6) is 0. The number of fused-ring (bicyclic) bond motifs is 1. The lowest BCUT2D eigenvalue weighted by Gasteiger charge is -2.30. The number of likely N-dealkylation sites (N-methyl/N-ethyl adjacent to an activating group) is 2. The van der Waals surface area contributed by atoms with E-state index >= 15 is 0 Å². The monoisotopic (exact) mass is 323 g/mol. The summed E-state index contributed by atoms with van der Waals surface area (Å²) in [5, 5.41) is 3.60. The van der Waals surface area contributed by atoms with Crippen molar-refractivity contribution in [1.82, 2.24) is 9.80 Å². The molecule has 3 heteroatoms. The van der Waals surface area contributed by atoms with Crippen LogP contribution in [0, 0.1) is 0 Å². The molecule has 0 aromatic heterocycles. The molecule has 0 saturated carbocycles. The van der Waals surface area contributed by atoms with Gasteiger partial charge in [0, 0.05) is 24.8 Å². The zero-order valence-electron chi connectivity index (χ0n) is 15.1. The summed E-state index contributed by atoms with van der Waals surface area (Å²) < 4.78 is 0. The number of benzene rings is 2. The van der Waals surface area contributed by atoms with Gasteiger partial charge < -0.3 is 10.2 Å². The molecule has 0 radical (unpaired) electrons. The second-order valence-electron chi connectivity index (χ2n) is 6.56. The molecule has 1 heterocycles.